The van der Waals surface area contributed by atoms with Gasteiger partial charge in [-0.05, 0) is 35.7 Å². The van der Waals surface area contributed by atoms with Crippen LogP contribution in [-0.2, 0) is 23.0 Å². The second kappa shape index (κ2) is 8.22. The first kappa shape index (κ1) is 22.8. The summed E-state index contributed by atoms with van der Waals surface area (Å²) in [5.74, 6) is -1.68. The number of phenols is 1. The molecule has 2 heterocycles. The number of hydrogen-bond acceptors (Lipinski definition) is 5. The minimum Gasteiger partial charge on any atom is -0.505 e. The molecule has 2 aromatic carbocycles. The Morgan fingerprint density at radius 1 is 1.21 bits per heavy atom. The van der Waals surface area contributed by atoms with Gasteiger partial charge in [-0.2, -0.15) is 0 Å². The lowest BCUT2D eigenvalue weighted by Gasteiger charge is -2.23. The van der Waals surface area contributed by atoms with E-state index in [4.69, 9.17) is 0 Å². The third-order valence-corrected chi connectivity index (χ3v) is 6.77. The van der Waals surface area contributed by atoms with Gasteiger partial charge in [0.2, 0.25) is 10.0 Å². The Morgan fingerprint density at radius 2 is 1.88 bits per heavy atom. The van der Waals surface area contributed by atoms with E-state index in [1.165, 1.54) is 25.4 Å². The number of sulfonamides is 1. The second-order valence-electron chi connectivity index (χ2n) is 7.90. The van der Waals surface area contributed by atoms with Crippen molar-refractivity contribution >= 4 is 32.5 Å². The van der Waals surface area contributed by atoms with E-state index in [0.717, 1.165) is 21.0 Å². The smallest absolute Gasteiger partial charge is 0.258 e. The number of fused-ring (bicyclic) bond motifs is 2. The van der Waals surface area contributed by atoms with E-state index in [9.17, 15) is 31.5 Å². The summed E-state index contributed by atoms with van der Waals surface area (Å²) in [5, 5.41) is 11.1. The summed E-state index contributed by atoms with van der Waals surface area (Å²) in [5.41, 5.74) is 1.41. The Labute approximate surface area is 188 Å². The highest BCUT2D eigenvalue weighted by molar-refractivity contribution is 7.92. The number of amides is 1. The fraction of sp³-hybridized carbons (Fsp3) is 0.273. The summed E-state index contributed by atoms with van der Waals surface area (Å²) in [6.45, 7) is -1.13. The fourth-order valence-corrected chi connectivity index (χ4v) is 4.54. The highest BCUT2D eigenvalue weighted by atomic mass is 32.2. The summed E-state index contributed by atoms with van der Waals surface area (Å²) >= 11 is 0. The van der Waals surface area contributed by atoms with Gasteiger partial charge in [0.15, 0.2) is 5.75 Å². The van der Waals surface area contributed by atoms with E-state index in [1.54, 1.807) is 18.2 Å². The first-order valence-corrected chi connectivity index (χ1v) is 11.7. The number of carbonyl (C=O) groups is 1. The number of nitrogens with zero attached hydrogens (tertiary/aromatic N) is 3. The van der Waals surface area contributed by atoms with Crippen molar-refractivity contribution in [2.75, 3.05) is 24.2 Å². The number of benzene rings is 2. The Kier molecular flexibility index (Phi) is 5.69. The van der Waals surface area contributed by atoms with Crippen LogP contribution in [0.2, 0.25) is 0 Å². The molecule has 7 nitrogen and oxygen atoms in total. The molecule has 1 N–H and O–H groups in total. The first-order valence-electron chi connectivity index (χ1n) is 9.89. The number of hydrogen-bond donors (Lipinski definition) is 1. The number of anilines is 1. The molecule has 3 aromatic rings. The molecule has 33 heavy (non-hydrogen) atoms. The fourth-order valence-electron chi connectivity index (χ4n) is 4.00. The topological polar surface area (TPSA) is 90.8 Å². The zero-order chi connectivity index (χ0) is 24.1. The van der Waals surface area contributed by atoms with Gasteiger partial charge in [-0.25, -0.2) is 21.6 Å². The molecule has 11 heteroatoms. The zero-order valence-corrected chi connectivity index (χ0v) is 18.5. The average Bonchev–Trinajstić information content (AvgIpc) is 3.04. The lowest BCUT2D eigenvalue weighted by molar-refractivity contribution is 0.0576. The Bertz CT molecular complexity index is 1360. The van der Waals surface area contributed by atoms with E-state index in [2.05, 4.69) is 4.98 Å². The maximum atomic E-state index is 13.2. The first-order chi connectivity index (χ1) is 15.5. The van der Waals surface area contributed by atoms with Crippen molar-refractivity contribution < 1.29 is 31.5 Å². The van der Waals surface area contributed by atoms with Gasteiger partial charge in [-0.1, -0.05) is 12.1 Å². The number of pyridine rings is 1. The van der Waals surface area contributed by atoms with Gasteiger partial charge >= 0.3 is 0 Å². The van der Waals surface area contributed by atoms with Crippen LogP contribution in [0.15, 0.2) is 36.5 Å². The van der Waals surface area contributed by atoms with Crippen LogP contribution in [0.1, 0.15) is 27.0 Å². The van der Waals surface area contributed by atoms with Crippen LogP contribution < -0.4 is 4.31 Å². The van der Waals surface area contributed by atoms with Crippen LogP contribution in [0, 0.1) is 5.82 Å². The average molecular weight is 479 g/mol. The highest BCUT2D eigenvalue weighted by Gasteiger charge is 2.38. The number of carbonyl (C=O) groups excluding carboxylic acids is 1. The van der Waals surface area contributed by atoms with E-state index in [0.29, 0.717) is 12.0 Å². The lowest BCUT2D eigenvalue weighted by Crippen LogP contribution is -2.29. The molecular weight excluding hydrogens is 459 g/mol. The zero-order valence-electron chi connectivity index (χ0n) is 17.7. The van der Waals surface area contributed by atoms with Crippen LogP contribution >= 0.6 is 0 Å². The van der Waals surface area contributed by atoms with Crippen LogP contribution in [0.25, 0.3) is 10.9 Å². The van der Waals surface area contributed by atoms with Crippen molar-refractivity contribution in [3.8, 4) is 5.75 Å². The molecule has 0 aliphatic carbocycles. The normalized spacial score (nSPS) is 13.8. The van der Waals surface area contributed by atoms with Crippen LogP contribution in [0.3, 0.4) is 0 Å². The third kappa shape index (κ3) is 4.20. The largest absolute Gasteiger partial charge is 0.505 e. The van der Waals surface area contributed by atoms with E-state index in [1.807, 2.05) is 0 Å². The van der Waals surface area contributed by atoms with Crippen molar-refractivity contribution in [1.82, 2.24) is 9.88 Å². The van der Waals surface area contributed by atoms with Crippen molar-refractivity contribution in [2.24, 2.45) is 0 Å². The third-order valence-electron chi connectivity index (χ3n) is 5.59. The second-order valence-corrected chi connectivity index (χ2v) is 9.91. The molecule has 0 unspecified atom stereocenters. The standard InChI is InChI=1S/C22H20F3N3O4S/c1-27(33(2,31)32)20-15-8-13(7-12-3-5-14(23)6-4-12)9-26-19(15)21(29)18-16(20)10-28(22(18)30)11-17(24)25/h3-6,8-9,17,29H,7,10-11H2,1-2H3. The number of alkyl halides is 2. The summed E-state index contributed by atoms with van der Waals surface area (Å²) in [4.78, 5) is 17.9. The Hall–Kier alpha value is -3.34. The number of halogens is 3. The molecule has 0 fully saturated rings. The van der Waals surface area contributed by atoms with E-state index < -0.39 is 34.7 Å². The number of phenolic OH excluding ortho intramolecular Hbond substituents is 1. The van der Waals surface area contributed by atoms with Crippen LogP contribution in [0.4, 0.5) is 18.9 Å². The van der Waals surface area contributed by atoms with E-state index >= 15 is 0 Å². The molecule has 1 amide bonds. The number of rotatable bonds is 6. The molecule has 0 radical (unpaired) electrons. The van der Waals surface area contributed by atoms with Gasteiger partial charge < -0.3 is 10.0 Å². The molecule has 1 aliphatic heterocycles. The summed E-state index contributed by atoms with van der Waals surface area (Å²) in [7, 11) is -2.53. The molecule has 1 aromatic heterocycles. The molecule has 0 atom stereocenters. The quantitative estimate of drug-likeness (QED) is 0.586. The minimum atomic E-state index is -3.81. The van der Waals surface area contributed by atoms with Gasteiger partial charge in [0.05, 0.1) is 24.1 Å². The van der Waals surface area contributed by atoms with Gasteiger partial charge in [-0.3, -0.25) is 14.1 Å². The van der Waals surface area contributed by atoms with Crippen LogP contribution in [-0.4, -0.2) is 55.6 Å². The molecule has 0 saturated carbocycles. The molecule has 0 spiro atoms. The minimum absolute atomic E-state index is 0.0191. The van der Waals surface area contributed by atoms with Gasteiger partial charge in [0.1, 0.15) is 11.3 Å². The molecule has 4 rings (SSSR count). The Morgan fingerprint density at radius 3 is 2.48 bits per heavy atom. The molecule has 0 saturated heterocycles. The van der Waals surface area contributed by atoms with Crippen molar-refractivity contribution in [3.63, 3.8) is 0 Å². The SMILES string of the molecule is CN(c1c2c(c(O)c3ncc(Cc4ccc(F)cc4)cc13)C(=O)N(CC(F)F)C2)S(C)(=O)=O. The highest BCUT2D eigenvalue weighted by Crippen LogP contribution is 2.44. The summed E-state index contributed by atoms with van der Waals surface area (Å²) < 4.78 is 65.0. The van der Waals surface area contributed by atoms with Gasteiger partial charge in [0.25, 0.3) is 12.3 Å². The maximum absolute atomic E-state index is 13.2. The number of aromatic hydroxyl groups is 1. The lowest BCUT2D eigenvalue weighted by atomic mass is 9.98. The molecule has 0 bridgehead atoms. The predicted octanol–water partition coefficient (Wildman–Crippen LogP) is 3.29. The monoisotopic (exact) mass is 479 g/mol. The number of aromatic nitrogens is 1. The van der Waals surface area contributed by atoms with Crippen LogP contribution in [0.5, 0.6) is 5.75 Å². The van der Waals surface area contributed by atoms with Crippen molar-refractivity contribution in [3.05, 3.63) is 64.6 Å². The Balaban J connectivity index is 1.93. The maximum Gasteiger partial charge on any atom is 0.258 e. The molecule has 1 aliphatic rings. The summed E-state index contributed by atoms with van der Waals surface area (Å²) in [6.07, 6.45) is -0.0178. The van der Waals surface area contributed by atoms with Gasteiger partial charge in [-0.15, -0.1) is 0 Å². The van der Waals surface area contributed by atoms with E-state index in [-0.39, 0.29) is 40.1 Å². The molecular formula is C22H20F3N3O4S. The molecule has 174 valence electrons. The van der Waals surface area contributed by atoms with Crippen molar-refractivity contribution in [1.29, 1.82) is 0 Å². The van der Waals surface area contributed by atoms with Gasteiger partial charge in [0, 0.05) is 30.7 Å². The predicted molar refractivity (Wildman–Crippen MR) is 117 cm³/mol. The van der Waals surface area contributed by atoms with Crippen molar-refractivity contribution in [2.45, 2.75) is 19.4 Å². The summed E-state index contributed by atoms with van der Waals surface area (Å²) in [6, 6.07) is 7.46.